The van der Waals surface area contributed by atoms with Crippen molar-refractivity contribution in [1.29, 1.82) is 0 Å². The molecule has 2 heteroatoms. The normalized spacial score (nSPS) is 26.9. The fourth-order valence-corrected chi connectivity index (χ4v) is 1.20. The van der Waals surface area contributed by atoms with E-state index in [1.54, 1.807) is 0 Å². The van der Waals surface area contributed by atoms with Gasteiger partial charge in [-0.1, -0.05) is 13.8 Å². The molecule has 1 saturated carbocycles. The van der Waals surface area contributed by atoms with Crippen LogP contribution in [0.25, 0.3) is 0 Å². The third-order valence-corrected chi connectivity index (χ3v) is 2.16. The monoisotopic (exact) mass is 139 g/mol. The molecule has 0 N–H and O–H groups in total. The lowest BCUT2D eigenvalue weighted by molar-refractivity contribution is 0.296. The first-order valence-electron chi connectivity index (χ1n) is 3.94. The van der Waals surface area contributed by atoms with E-state index in [1.807, 2.05) is 0 Å². The first kappa shape index (κ1) is 6.20. The maximum atomic E-state index is 5.44. The van der Waals surface area contributed by atoms with Crippen LogP contribution in [0, 0.1) is 5.92 Å². The van der Waals surface area contributed by atoms with Crippen LogP contribution in [0.15, 0.2) is 4.99 Å². The van der Waals surface area contributed by atoms with Gasteiger partial charge in [-0.05, 0) is 12.8 Å². The molecule has 0 bridgehead atoms. The lowest BCUT2D eigenvalue weighted by Gasteiger charge is -2.01. The molecule has 1 fully saturated rings. The van der Waals surface area contributed by atoms with E-state index in [0.29, 0.717) is 5.92 Å². The predicted molar refractivity (Wildman–Crippen MR) is 40.2 cm³/mol. The summed E-state index contributed by atoms with van der Waals surface area (Å²) in [5.74, 6) is 1.44. The number of aliphatic imine (C=N–C) groups is 1. The maximum absolute atomic E-state index is 5.44. The summed E-state index contributed by atoms with van der Waals surface area (Å²) >= 11 is 0. The first-order valence-corrected chi connectivity index (χ1v) is 3.94. The van der Waals surface area contributed by atoms with Crippen LogP contribution in [0.1, 0.15) is 26.7 Å². The van der Waals surface area contributed by atoms with Gasteiger partial charge in [0.1, 0.15) is 6.61 Å². The molecule has 0 saturated heterocycles. The molecule has 0 aromatic heterocycles. The van der Waals surface area contributed by atoms with Crippen molar-refractivity contribution in [2.45, 2.75) is 32.2 Å². The van der Waals surface area contributed by atoms with Crippen molar-refractivity contribution in [1.82, 2.24) is 0 Å². The molecule has 1 aliphatic carbocycles. The molecular formula is C8H13NO. The van der Waals surface area contributed by atoms with Gasteiger partial charge in [0.15, 0.2) is 5.90 Å². The van der Waals surface area contributed by atoms with E-state index in [9.17, 15) is 0 Å². The molecule has 1 aliphatic heterocycles. The van der Waals surface area contributed by atoms with Gasteiger partial charge in [-0.25, -0.2) is 4.99 Å². The summed E-state index contributed by atoms with van der Waals surface area (Å²) in [5, 5.41) is 0. The quantitative estimate of drug-likeness (QED) is 0.540. The zero-order valence-corrected chi connectivity index (χ0v) is 6.55. The molecule has 0 atom stereocenters. The Morgan fingerprint density at radius 2 is 2.20 bits per heavy atom. The molecule has 2 rings (SSSR count). The van der Waals surface area contributed by atoms with E-state index in [1.165, 1.54) is 12.8 Å². The highest BCUT2D eigenvalue weighted by molar-refractivity contribution is 5.80. The number of hydrogen-bond donors (Lipinski definition) is 0. The number of ether oxygens (including phenoxy) is 1. The van der Waals surface area contributed by atoms with Crippen molar-refractivity contribution in [2.75, 3.05) is 6.61 Å². The van der Waals surface area contributed by atoms with Crippen molar-refractivity contribution in [3.05, 3.63) is 0 Å². The Morgan fingerprint density at radius 1 is 1.50 bits per heavy atom. The van der Waals surface area contributed by atoms with Crippen LogP contribution in [0.4, 0.5) is 0 Å². The minimum Gasteiger partial charge on any atom is -0.478 e. The van der Waals surface area contributed by atoms with Gasteiger partial charge in [0.05, 0.1) is 5.54 Å². The Balaban J connectivity index is 2.11. The molecular weight excluding hydrogens is 126 g/mol. The SMILES string of the molecule is CC(C)C1=NC2(CC2)CO1. The minimum atomic E-state index is 0.263. The van der Waals surface area contributed by atoms with Crippen LogP contribution < -0.4 is 0 Å². The summed E-state index contributed by atoms with van der Waals surface area (Å²) in [6, 6.07) is 0. The molecule has 1 spiro atoms. The molecule has 0 radical (unpaired) electrons. The van der Waals surface area contributed by atoms with E-state index in [0.717, 1.165) is 12.5 Å². The topological polar surface area (TPSA) is 21.6 Å². The van der Waals surface area contributed by atoms with Crippen LogP contribution in [-0.2, 0) is 4.74 Å². The van der Waals surface area contributed by atoms with Crippen molar-refractivity contribution in [2.24, 2.45) is 10.9 Å². The molecule has 0 aromatic carbocycles. The fourth-order valence-electron chi connectivity index (χ4n) is 1.20. The van der Waals surface area contributed by atoms with Gasteiger partial charge in [0.2, 0.25) is 0 Å². The molecule has 0 aromatic rings. The predicted octanol–water partition coefficient (Wildman–Crippen LogP) is 1.60. The smallest absolute Gasteiger partial charge is 0.186 e. The van der Waals surface area contributed by atoms with Gasteiger partial charge in [0, 0.05) is 5.92 Å². The molecule has 2 aliphatic rings. The highest BCUT2D eigenvalue weighted by atomic mass is 16.5. The third kappa shape index (κ3) is 0.825. The maximum Gasteiger partial charge on any atom is 0.186 e. The third-order valence-electron chi connectivity index (χ3n) is 2.16. The second-order valence-corrected chi connectivity index (χ2v) is 3.62. The summed E-state index contributed by atoms with van der Waals surface area (Å²) in [5.41, 5.74) is 0.263. The zero-order valence-electron chi connectivity index (χ0n) is 6.55. The Bertz CT molecular complexity index is 180. The highest BCUT2D eigenvalue weighted by Crippen LogP contribution is 2.43. The molecule has 56 valence electrons. The van der Waals surface area contributed by atoms with Gasteiger partial charge in [0.25, 0.3) is 0 Å². The van der Waals surface area contributed by atoms with Crippen molar-refractivity contribution < 1.29 is 4.74 Å². The van der Waals surface area contributed by atoms with Crippen LogP contribution in [0.3, 0.4) is 0 Å². The summed E-state index contributed by atoms with van der Waals surface area (Å²) in [6.45, 7) is 5.10. The molecule has 10 heavy (non-hydrogen) atoms. The molecule has 2 nitrogen and oxygen atoms in total. The van der Waals surface area contributed by atoms with Crippen molar-refractivity contribution >= 4 is 5.90 Å². The number of nitrogens with zero attached hydrogens (tertiary/aromatic N) is 1. The van der Waals surface area contributed by atoms with E-state index in [-0.39, 0.29) is 5.54 Å². The van der Waals surface area contributed by atoms with Gasteiger partial charge in [-0.3, -0.25) is 0 Å². The Morgan fingerprint density at radius 3 is 2.50 bits per heavy atom. The lowest BCUT2D eigenvalue weighted by Crippen LogP contribution is -2.07. The van der Waals surface area contributed by atoms with E-state index >= 15 is 0 Å². The first-order chi connectivity index (χ1) is 4.72. The summed E-state index contributed by atoms with van der Waals surface area (Å²) in [7, 11) is 0. The van der Waals surface area contributed by atoms with E-state index in [2.05, 4.69) is 18.8 Å². The Labute approximate surface area is 61.3 Å². The van der Waals surface area contributed by atoms with Crippen LogP contribution in [0.2, 0.25) is 0 Å². The summed E-state index contributed by atoms with van der Waals surface area (Å²) in [6.07, 6.45) is 2.48. The second kappa shape index (κ2) is 1.74. The molecule has 0 amide bonds. The fraction of sp³-hybridized carbons (Fsp3) is 0.875. The van der Waals surface area contributed by atoms with E-state index in [4.69, 9.17) is 4.74 Å². The van der Waals surface area contributed by atoms with Crippen LogP contribution >= 0.6 is 0 Å². The minimum absolute atomic E-state index is 0.263. The van der Waals surface area contributed by atoms with Gasteiger partial charge in [-0.2, -0.15) is 0 Å². The van der Waals surface area contributed by atoms with Gasteiger partial charge < -0.3 is 4.74 Å². The average Bonchev–Trinajstić information content (AvgIpc) is 2.41. The van der Waals surface area contributed by atoms with E-state index < -0.39 is 0 Å². The van der Waals surface area contributed by atoms with Crippen LogP contribution in [0.5, 0.6) is 0 Å². The zero-order chi connectivity index (χ0) is 7.19. The molecule has 1 heterocycles. The van der Waals surface area contributed by atoms with Gasteiger partial charge in [-0.15, -0.1) is 0 Å². The highest BCUT2D eigenvalue weighted by Gasteiger charge is 2.47. The Hall–Kier alpha value is -0.530. The number of rotatable bonds is 1. The lowest BCUT2D eigenvalue weighted by atomic mass is 10.2. The largest absolute Gasteiger partial charge is 0.478 e. The average molecular weight is 139 g/mol. The second-order valence-electron chi connectivity index (χ2n) is 3.62. The van der Waals surface area contributed by atoms with Gasteiger partial charge >= 0.3 is 0 Å². The summed E-state index contributed by atoms with van der Waals surface area (Å²) in [4.78, 5) is 4.53. The molecule has 0 unspecified atom stereocenters. The van der Waals surface area contributed by atoms with Crippen LogP contribution in [-0.4, -0.2) is 18.0 Å². The Kier molecular flexibility index (Phi) is 1.08. The standard InChI is InChI=1S/C8H13NO/c1-6(2)7-9-8(3-4-8)5-10-7/h6H,3-5H2,1-2H3. The summed E-state index contributed by atoms with van der Waals surface area (Å²) < 4.78 is 5.44. The van der Waals surface area contributed by atoms with Crippen molar-refractivity contribution in [3.63, 3.8) is 0 Å². The van der Waals surface area contributed by atoms with Crippen molar-refractivity contribution in [3.8, 4) is 0 Å². The number of hydrogen-bond acceptors (Lipinski definition) is 2.